The van der Waals surface area contributed by atoms with Crippen molar-refractivity contribution in [1.29, 1.82) is 0 Å². The van der Waals surface area contributed by atoms with Gasteiger partial charge in [0.15, 0.2) is 0 Å². The lowest BCUT2D eigenvalue weighted by Crippen LogP contribution is -1.39. The molecule has 3 rings (SSSR count). The Labute approximate surface area is 54.0 Å². The summed E-state index contributed by atoms with van der Waals surface area (Å²) in [4.78, 5) is 0. The zero-order valence-electron chi connectivity index (χ0n) is 3.97. The Kier molecular flexibility index (Phi) is 0.396. The van der Waals surface area contributed by atoms with Crippen LogP contribution in [0.2, 0.25) is 0 Å². The van der Waals surface area contributed by atoms with Crippen molar-refractivity contribution in [2.45, 2.75) is 0 Å². The summed E-state index contributed by atoms with van der Waals surface area (Å²) in [6.45, 7) is 0. The molecule has 0 radical (unpaired) electrons. The minimum absolute atomic E-state index is 1.49. The van der Waals surface area contributed by atoms with E-state index in [1.54, 1.807) is 9.40 Å². The van der Waals surface area contributed by atoms with E-state index in [0.29, 0.717) is 0 Å². The molecule has 0 bridgehead atoms. The molecule has 8 heavy (non-hydrogen) atoms. The standard InChI is InChI=1S/C6H2S2/c1-2-4-6(8-4)5-3(1)7-5/h1-2H. The molecule has 0 saturated carbocycles. The third kappa shape index (κ3) is 0.288. The largest absolute Gasteiger partial charge is 0.132 e. The Morgan fingerprint density at radius 2 is 1.38 bits per heavy atom. The van der Waals surface area contributed by atoms with E-state index in [2.05, 4.69) is 12.1 Å². The van der Waals surface area contributed by atoms with Gasteiger partial charge >= 0.3 is 0 Å². The lowest BCUT2D eigenvalue weighted by Gasteiger charge is -1.61. The predicted octanol–water partition coefficient (Wildman–Crippen LogP) is 2.99. The molecule has 0 amide bonds. The van der Waals surface area contributed by atoms with Crippen LogP contribution in [0.1, 0.15) is 0 Å². The van der Waals surface area contributed by atoms with Crippen molar-refractivity contribution in [3.63, 3.8) is 0 Å². The van der Waals surface area contributed by atoms with Gasteiger partial charge in [-0.2, -0.15) is 0 Å². The summed E-state index contributed by atoms with van der Waals surface area (Å²) in [5.74, 6) is 0. The van der Waals surface area contributed by atoms with Crippen molar-refractivity contribution in [1.82, 2.24) is 0 Å². The quantitative estimate of drug-likeness (QED) is 0.448. The number of fused-ring (bicyclic) bond motifs is 3. The molecular formula is C6H2S2. The van der Waals surface area contributed by atoms with Crippen LogP contribution >= 0.6 is 22.7 Å². The minimum atomic E-state index is 1.49. The van der Waals surface area contributed by atoms with Crippen LogP contribution in [0.4, 0.5) is 0 Å². The molecule has 0 aliphatic rings. The molecule has 2 heterocycles. The van der Waals surface area contributed by atoms with Gasteiger partial charge in [-0.3, -0.25) is 0 Å². The molecule has 0 unspecified atom stereocenters. The summed E-state index contributed by atoms with van der Waals surface area (Å²) in [6, 6.07) is 4.41. The van der Waals surface area contributed by atoms with E-state index >= 15 is 0 Å². The molecule has 0 atom stereocenters. The number of hydrogen-bond donors (Lipinski definition) is 0. The van der Waals surface area contributed by atoms with Crippen LogP contribution in [0.3, 0.4) is 0 Å². The Morgan fingerprint density at radius 1 is 0.875 bits per heavy atom. The molecule has 0 saturated heterocycles. The third-order valence-electron chi connectivity index (χ3n) is 1.38. The zero-order chi connectivity index (χ0) is 5.14. The van der Waals surface area contributed by atoms with Crippen molar-refractivity contribution in [3.8, 4) is 0 Å². The van der Waals surface area contributed by atoms with Gasteiger partial charge in [-0.1, -0.05) is 0 Å². The van der Waals surface area contributed by atoms with Crippen LogP contribution in [0, 0.1) is 0 Å². The topological polar surface area (TPSA) is 0 Å². The van der Waals surface area contributed by atoms with E-state index in [0.717, 1.165) is 0 Å². The Bertz CT molecular complexity index is 353. The second-order valence-corrected chi connectivity index (χ2v) is 4.03. The van der Waals surface area contributed by atoms with Gasteiger partial charge in [0.25, 0.3) is 0 Å². The average Bonchev–Trinajstić information content (AvgIpc) is 2.59. The van der Waals surface area contributed by atoms with Gasteiger partial charge in [0, 0.05) is 9.40 Å². The average molecular weight is 138 g/mol. The first kappa shape index (κ1) is 3.64. The summed E-state index contributed by atoms with van der Waals surface area (Å²) in [6.07, 6.45) is 0. The fourth-order valence-corrected chi connectivity index (χ4v) is 2.59. The zero-order valence-corrected chi connectivity index (χ0v) is 5.60. The lowest BCUT2D eigenvalue weighted by atomic mass is 10.4. The smallest absolute Gasteiger partial charge is 0.0635 e. The van der Waals surface area contributed by atoms with E-state index in [4.69, 9.17) is 0 Å². The van der Waals surface area contributed by atoms with Crippen molar-refractivity contribution >= 4 is 41.5 Å². The van der Waals surface area contributed by atoms with Gasteiger partial charge in [-0.05, 0) is 12.1 Å². The molecule has 3 aromatic rings. The molecule has 0 N–H and O–H groups in total. The molecule has 0 spiro atoms. The maximum absolute atomic E-state index is 2.21. The maximum atomic E-state index is 2.21. The van der Waals surface area contributed by atoms with Crippen LogP contribution < -0.4 is 0 Å². The van der Waals surface area contributed by atoms with Gasteiger partial charge in [0.2, 0.25) is 0 Å². The van der Waals surface area contributed by atoms with Gasteiger partial charge in [0.05, 0.1) is 9.40 Å². The monoisotopic (exact) mass is 138 g/mol. The second kappa shape index (κ2) is 0.870. The number of hydrogen-bond acceptors (Lipinski definition) is 2. The van der Waals surface area contributed by atoms with Crippen molar-refractivity contribution in [2.24, 2.45) is 0 Å². The summed E-state index contributed by atoms with van der Waals surface area (Å²) in [7, 11) is 0. The summed E-state index contributed by atoms with van der Waals surface area (Å²) in [5.41, 5.74) is 0. The molecular weight excluding hydrogens is 136 g/mol. The predicted molar refractivity (Wildman–Crippen MR) is 39.6 cm³/mol. The lowest BCUT2D eigenvalue weighted by molar-refractivity contribution is 2.14. The van der Waals surface area contributed by atoms with Gasteiger partial charge in [0.1, 0.15) is 0 Å². The molecule has 2 aromatic heterocycles. The Balaban J connectivity index is 2.83. The highest BCUT2D eigenvalue weighted by Gasteiger charge is 2.13. The maximum Gasteiger partial charge on any atom is 0.0635 e. The fraction of sp³-hybridized carbons (Fsp3) is 0. The van der Waals surface area contributed by atoms with Crippen LogP contribution in [-0.2, 0) is 0 Å². The van der Waals surface area contributed by atoms with Crippen LogP contribution in [-0.4, -0.2) is 0 Å². The minimum Gasteiger partial charge on any atom is -0.132 e. The third-order valence-corrected chi connectivity index (χ3v) is 3.48. The highest BCUT2D eigenvalue weighted by atomic mass is 32.1. The number of benzene rings is 1. The first-order valence-electron chi connectivity index (χ1n) is 2.48. The van der Waals surface area contributed by atoms with E-state index < -0.39 is 0 Å². The molecule has 0 nitrogen and oxygen atoms in total. The van der Waals surface area contributed by atoms with Crippen LogP contribution in [0.25, 0.3) is 18.8 Å². The van der Waals surface area contributed by atoms with E-state index in [-0.39, 0.29) is 0 Å². The number of rotatable bonds is 0. The normalized spacial score (nSPS) is 13.0. The van der Waals surface area contributed by atoms with E-state index in [9.17, 15) is 0 Å². The van der Waals surface area contributed by atoms with Crippen LogP contribution in [0.5, 0.6) is 0 Å². The molecule has 2 heteroatoms. The highest BCUT2D eigenvalue weighted by Crippen LogP contribution is 2.48. The summed E-state index contributed by atoms with van der Waals surface area (Å²) < 4.78 is 6.09. The Morgan fingerprint density at radius 3 is 1.88 bits per heavy atom. The van der Waals surface area contributed by atoms with Gasteiger partial charge in [-0.15, -0.1) is 22.7 Å². The van der Waals surface area contributed by atoms with E-state index in [1.807, 2.05) is 22.7 Å². The second-order valence-electron chi connectivity index (χ2n) is 1.92. The first-order chi connectivity index (χ1) is 3.95. The van der Waals surface area contributed by atoms with E-state index in [1.165, 1.54) is 9.40 Å². The fourth-order valence-electron chi connectivity index (χ4n) is 0.856. The van der Waals surface area contributed by atoms with Crippen molar-refractivity contribution in [2.75, 3.05) is 0 Å². The van der Waals surface area contributed by atoms with Crippen LogP contribution in [0.15, 0.2) is 12.1 Å². The summed E-state index contributed by atoms with van der Waals surface area (Å²) >= 11 is 3.83. The van der Waals surface area contributed by atoms with Crippen molar-refractivity contribution < 1.29 is 0 Å². The Hall–Kier alpha value is -0.340. The molecule has 1 aromatic carbocycles. The molecule has 0 aliphatic carbocycles. The van der Waals surface area contributed by atoms with Crippen molar-refractivity contribution in [3.05, 3.63) is 12.1 Å². The highest BCUT2D eigenvalue weighted by molar-refractivity contribution is 7.45. The van der Waals surface area contributed by atoms with Gasteiger partial charge < -0.3 is 0 Å². The molecule has 0 fully saturated rings. The molecule has 38 valence electrons. The first-order valence-corrected chi connectivity index (χ1v) is 4.11. The summed E-state index contributed by atoms with van der Waals surface area (Å²) in [5, 5.41) is 0. The molecule has 0 aliphatic heterocycles. The SMILES string of the molecule is c1cc2sc2c2sc12. The van der Waals surface area contributed by atoms with Gasteiger partial charge in [-0.25, -0.2) is 0 Å².